The lowest BCUT2D eigenvalue weighted by molar-refractivity contribution is -0.119. The summed E-state index contributed by atoms with van der Waals surface area (Å²) in [6, 6.07) is 11.5. The SMILES string of the molecule is CN(C)CC(=O)Cc1cnc2[nH]c(C(CC3CCCC3)c3ccc(S(C)(=O)=O)cc3)cc2c1. The van der Waals surface area contributed by atoms with Crippen molar-refractivity contribution in [3.8, 4) is 0 Å². The van der Waals surface area contributed by atoms with Crippen LogP contribution in [-0.4, -0.2) is 56.0 Å². The fourth-order valence-corrected chi connectivity index (χ4v) is 5.60. The molecule has 1 fully saturated rings. The Morgan fingerprint density at radius 1 is 1.15 bits per heavy atom. The number of H-pyrrole nitrogens is 1. The number of ketones is 1. The molecule has 2 heterocycles. The van der Waals surface area contributed by atoms with Crippen LogP contribution < -0.4 is 0 Å². The average Bonchev–Trinajstić information content (AvgIpc) is 3.40. The van der Waals surface area contributed by atoms with E-state index in [1.165, 1.54) is 31.9 Å². The molecule has 0 spiro atoms. The van der Waals surface area contributed by atoms with E-state index in [-0.39, 0.29) is 11.7 Å². The Labute approximate surface area is 196 Å². The molecule has 0 saturated heterocycles. The van der Waals surface area contributed by atoms with Gasteiger partial charge in [0.1, 0.15) is 5.65 Å². The number of aromatic amines is 1. The Morgan fingerprint density at radius 3 is 2.48 bits per heavy atom. The van der Waals surface area contributed by atoms with Gasteiger partial charge in [-0.3, -0.25) is 4.79 Å². The van der Waals surface area contributed by atoms with Crippen LogP contribution in [0.2, 0.25) is 0 Å². The number of hydrogen-bond acceptors (Lipinski definition) is 5. The van der Waals surface area contributed by atoms with Crippen LogP contribution in [0.1, 0.15) is 54.8 Å². The van der Waals surface area contributed by atoms with Crippen LogP contribution in [0.4, 0.5) is 0 Å². The van der Waals surface area contributed by atoms with Gasteiger partial charge in [0.25, 0.3) is 0 Å². The number of hydrogen-bond donors (Lipinski definition) is 1. The van der Waals surface area contributed by atoms with E-state index in [4.69, 9.17) is 0 Å². The van der Waals surface area contributed by atoms with Crippen LogP contribution in [0.5, 0.6) is 0 Å². The number of Topliss-reactive ketones (excluding diaryl/α,β-unsaturated/α-hetero) is 1. The number of nitrogens with zero attached hydrogens (tertiary/aromatic N) is 2. The highest BCUT2D eigenvalue weighted by molar-refractivity contribution is 7.90. The molecule has 0 amide bonds. The standard InChI is InChI=1S/C26H33N3O3S/c1-29(2)17-22(30)13-19-12-21-15-25(28-26(21)27-16-19)24(14-18-6-4-5-7-18)20-8-10-23(11-9-20)33(3,31)32/h8-12,15-16,18,24H,4-7,13-14,17H2,1-3H3,(H,27,28). The molecule has 2 aromatic heterocycles. The van der Waals surface area contributed by atoms with E-state index >= 15 is 0 Å². The molecule has 1 aliphatic carbocycles. The molecule has 1 aromatic carbocycles. The first-order chi connectivity index (χ1) is 15.7. The van der Waals surface area contributed by atoms with Gasteiger partial charge in [-0.05, 0) is 61.8 Å². The van der Waals surface area contributed by atoms with E-state index in [0.29, 0.717) is 23.8 Å². The Morgan fingerprint density at radius 2 is 1.85 bits per heavy atom. The van der Waals surface area contributed by atoms with E-state index in [9.17, 15) is 13.2 Å². The van der Waals surface area contributed by atoms with E-state index in [2.05, 4.69) is 22.1 Å². The smallest absolute Gasteiger partial charge is 0.175 e. The van der Waals surface area contributed by atoms with Crippen molar-refractivity contribution in [2.24, 2.45) is 5.92 Å². The van der Waals surface area contributed by atoms with Gasteiger partial charge in [-0.15, -0.1) is 0 Å². The second kappa shape index (κ2) is 9.77. The Hall–Kier alpha value is -2.51. The minimum Gasteiger partial charge on any atom is -0.343 e. The van der Waals surface area contributed by atoms with Crippen LogP contribution in [0.15, 0.2) is 47.5 Å². The monoisotopic (exact) mass is 467 g/mol. The molecule has 1 unspecified atom stereocenters. The predicted octanol–water partition coefficient (Wildman–Crippen LogP) is 4.35. The lowest BCUT2D eigenvalue weighted by Crippen LogP contribution is -2.22. The fourth-order valence-electron chi connectivity index (χ4n) is 4.97. The number of carbonyl (C=O) groups is 1. The molecular weight excluding hydrogens is 434 g/mol. The Balaban J connectivity index is 1.64. The number of fused-ring (bicyclic) bond motifs is 1. The summed E-state index contributed by atoms with van der Waals surface area (Å²) in [4.78, 5) is 22.5. The zero-order chi connectivity index (χ0) is 23.6. The summed E-state index contributed by atoms with van der Waals surface area (Å²) in [6.07, 6.45) is 9.47. The van der Waals surface area contributed by atoms with Crippen molar-refractivity contribution in [2.45, 2.75) is 49.3 Å². The van der Waals surface area contributed by atoms with Gasteiger partial charge in [0.2, 0.25) is 0 Å². The summed E-state index contributed by atoms with van der Waals surface area (Å²) in [5, 5.41) is 1.00. The maximum atomic E-state index is 12.2. The van der Waals surface area contributed by atoms with Gasteiger partial charge < -0.3 is 9.88 Å². The summed E-state index contributed by atoms with van der Waals surface area (Å²) in [7, 11) is 0.564. The first kappa shape index (κ1) is 23.6. The number of rotatable bonds is 9. The third-order valence-corrected chi connectivity index (χ3v) is 7.70. The van der Waals surface area contributed by atoms with Crippen molar-refractivity contribution in [2.75, 3.05) is 26.9 Å². The lowest BCUT2D eigenvalue weighted by atomic mass is 9.85. The number of nitrogens with one attached hydrogen (secondary N) is 1. The van der Waals surface area contributed by atoms with E-state index in [1.54, 1.807) is 18.3 Å². The molecule has 176 valence electrons. The fraction of sp³-hybridized carbons (Fsp3) is 0.462. The maximum Gasteiger partial charge on any atom is 0.175 e. The van der Waals surface area contributed by atoms with Crippen molar-refractivity contribution in [1.82, 2.24) is 14.9 Å². The maximum absolute atomic E-state index is 12.2. The van der Waals surface area contributed by atoms with E-state index in [1.807, 2.05) is 31.1 Å². The highest BCUT2D eigenvalue weighted by Crippen LogP contribution is 2.38. The predicted molar refractivity (Wildman–Crippen MR) is 131 cm³/mol. The molecule has 0 bridgehead atoms. The highest BCUT2D eigenvalue weighted by atomic mass is 32.2. The molecular formula is C26H33N3O3S. The van der Waals surface area contributed by atoms with Crippen LogP contribution in [0.25, 0.3) is 11.0 Å². The number of pyridine rings is 1. The van der Waals surface area contributed by atoms with Crippen molar-refractivity contribution in [3.63, 3.8) is 0 Å². The molecule has 4 rings (SSSR count). The van der Waals surface area contributed by atoms with Crippen molar-refractivity contribution >= 4 is 26.7 Å². The molecule has 7 heteroatoms. The van der Waals surface area contributed by atoms with Crippen LogP contribution in [0.3, 0.4) is 0 Å². The summed E-state index contributed by atoms with van der Waals surface area (Å²) < 4.78 is 23.8. The molecule has 1 atom stereocenters. The second-order valence-corrected chi connectivity index (χ2v) is 11.8. The van der Waals surface area contributed by atoms with Gasteiger partial charge in [-0.1, -0.05) is 37.8 Å². The number of benzene rings is 1. The Bertz CT molecular complexity index is 1220. The zero-order valence-corrected chi connectivity index (χ0v) is 20.5. The molecule has 1 saturated carbocycles. The molecule has 3 aromatic rings. The number of aromatic nitrogens is 2. The van der Waals surface area contributed by atoms with Crippen molar-refractivity contribution < 1.29 is 13.2 Å². The minimum atomic E-state index is -3.22. The number of carbonyl (C=O) groups excluding carboxylic acids is 1. The summed E-state index contributed by atoms with van der Waals surface area (Å²) in [5.41, 5.74) is 3.94. The minimum absolute atomic E-state index is 0.148. The van der Waals surface area contributed by atoms with E-state index in [0.717, 1.165) is 34.3 Å². The average molecular weight is 468 g/mol. The summed E-state index contributed by atoms with van der Waals surface area (Å²) in [6.45, 7) is 0.420. The van der Waals surface area contributed by atoms with Crippen LogP contribution in [-0.2, 0) is 21.1 Å². The van der Waals surface area contributed by atoms with Crippen molar-refractivity contribution in [3.05, 3.63) is 59.4 Å². The van der Waals surface area contributed by atoms with Crippen LogP contribution >= 0.6 is 0 Å². The first-order valence-electron chi connectivity index (χ1n) is 11.6. The van der Waals surface area contributed by atoms with Gasteiger partial charge >= 0.3 is 0 Å². The van der Waals surface area contributed by atoms with Gasteiger partial charge in [0.05, 0.1) is 11.4 Å². The number of likely N-dealkylation sites (N-methyl/N-ethyl adjacent to an activating group) is 1. The Kier molecular flexibility index (Phi) is 7.00. The molecule has 6 nitrogen and oxygen atoms in total. The third-order valence-electron chi connectivity index (χ3n) is 6.57. The molecule has 0 radical (unpaired) electrons. The molecule has 0 aliphatic heterocycles. The molecule has 1 N–H and O–H groups in total. The van der Waals surface area contributed by atoms with Gasteiger partial charge in [0.15, 0.2) is 15.6 Å². The molecule has 33 heavy (non-hydrogen) atoms. The molecule has 1 aliphatic rings. The topological polar surface area (TPSA) is 83.1 Å². The summed E-state index contributed by atoms with van der Waals surface area (Å²) >= 11 is 0. The third kappa shape index (κ3) is 5.89. The van der Waals surface area contributed by atoms with Gasteiger partial charge in [-0.25, -0.2) is 13.4 Å². The number of sulfone groups is 1. The quantitative estimate of drug-likeness (QED) is 0.506. The largest absolute Gasteiger partial charge is 0.343 e. The second-order valence-electron chi connectivity index (χ2n) is 9.74. The van der Waals surface area contributed by atoms with E-state index < -0.39 is 9.84 Å². The summed E-state index contributed by atoms with van der Waals surface area (Å²) in [5.74, 6) is 0.986. The van der Waals surface area contributed by atoms with Gasteiger partial charge in [-0.2, -0.15) is 0 Å². The zero-order valence-electron chi connectivity index (χ0n) is 19.7. The normalized spacial score (nSPS) is 16.0. The van der Waals surface area contributed by atoms with Gasteiger partial charge in [0, 0.05) is 35.9 Å². The van der Waals surface area contributed by atoms with Crippen molar-refractivity contribution in [1.29, 1.82) is 0 Å². The lowest BCUT2D eigenvalue weighted by Gasteiger charge is -2.20. The van der Waals surface area contributed by atoms with Crippen LogP contribution in [0, 0.1) is 5.92 Å². The first-order valence-corrected chi connectivity index (χ1v) is 13.5. The highest BCUT2D eigenvalue weighted by Gasteiger charge is 2.24.